The number of nitriles is 1. The lowest BCUT2D eigenvalue weighted by Crippen LogP contribution is -2.21. The van der Waals surface area contributed by atoms with E-state index in [0.29, 0.717) is 13.0 Å². The molecule has 1 atom stereocenters. The minimum Gasteiger partial charge on any atom is -0.497 e. The molecule has 1 aromatic carbocycles. The zero-order valence-corrected chi connectivity index (χ0v) is 9.31. The Morgan fingerprint density at radius 3 is 3.00 bits per heavy atom. The zero-order chi connectivity index (χ0) is 11.8. The maximum atomic E-state index is 9.03. The van der Waals surface area contributed by atoms with Crippen LogP contribution in [0.15, 0.2) is 24.3 Å². The van der Waals surface area contributed by atoms with Crippen LogP contribution in [0.4, 0.5) is 0 Å². The average Bonchev–Trinajstić information content (AvgIpc) is 2.35. The second kappa shape index (κ2) is 6.83. The second-order valence-corrected chi connectivity index (χ2v) is 3.37. The van der Waals surface area contributed by atoms with Gasteiger partial charge in [-0.05, 0) is 30.7 Å². The van der Waals surface area contributed by atoms with Gasteiger partial charge in [0.05, 0.1) is 13.2 Å². The molecule has 0 bridgehead atoms. The Balaban J connectivity index is 2.67. The van der Waals surface area contributed by atoms with E-state index in [2.05, 4.69) is 11.4 Å². The van der Waals surface area contributed by atoms with E-state index in [9.17, 15) is 0 Å². The number of benzene rings is 1. The number of rotatable bonds is 6. The lowest BCUT2D eigenvalue weighted by Gasteiger charge is -2.12. The fourth-order valence-electron chi connectivity index (χ4n) is 1.38. The van der Waals surface area contributed by atoms with Crippen LogP contribution in [0.1, 0.15) is 18.0 Å². The molecule has 4 heteroatoms. The Hall–Kier alpha value is -1.57. The summed E-state index contributed by atoms with van der Waals surface area (Å²) in [5, 5.41) is 20.7. The summed E-state index contributed by atoms with van der Waals surface area (Å²) in [6, 6.07) is 9.22. The Morgan fingerprint density at radius 1 is 1.56 bits per heavy atom. The molecule has 1 aromatic rings. The van der Waals surface area contributed by atoms with Crippen LogP contribution in [-0.4, -0.2) is 25.4 Å². The van der Waals surface area contributed by atoms with E-state index in [1.165, 1.54) is 0 Å². The molecule has 0 aliphatic heterocycles. The minimum atomic E-state index is -0.360. The summed E-state index contributed by atoms with van der Waals surface area (Å²) in [7, 11) is 1.60. The van der Waals surface area contributed by atoms with Gasteiger partial charge in [0.2, 0.25) is 0 Å². The first-order valence-corrected chi connectivity index (χ1v) is 5.19. The first-order valence-electron chi connectivity index (χ1n) is 5.19. The first-order chi connectivity index (χ1) is 7.81. The van der Waals surface area contributed by atoms with Crippen molar-refractivity contribution >= 4 is 0 Å². The summed E-state index contributed by atoms with van der Waals surface area (Å²) in [5.74, 6) is 0.738. The Morgan fingerprint density at radius 2 is 2.38 bits per heavy atom. The second-order valence-electron chi connectivity index (χ2n) is 3.37. The molecule has 1 rings (SSSR count). The van der Waals surface area contributed by atoms with E-state index in [4.69, 9.17) is 15.1 Å². The monoisotopic (exact) mass is 220 g/mol. The number of aliphatic hydroxyl groups excluding tert-OH is 1. The molecule has 0 aliphatic rings. The highest BCUT2D eigenvalue weighted by atomic mass is 16.5. The molecular weight excluding hydrogens is 204 g/mol. The Labute approximate surface area is 95.5 Å². The lowest BCUT2D eigenvalue weighted by atomic mass is 10.1. The van der Waals surface area contributed by atoms with Crippen LogP contribution >= 0.6 is 0 Å². The van der Waals surface area contributed by atoms with Gasteiger partial charge in [-0.3, -0.25) is 5.32 Å². The predicted molar refractivity (Wildman–Crippen MR) is 61.1 cm³/mol. The average molecular weight is 220 g/mol. The lowest BCUT2D eigenvalue weighted by molar-refractivity contribution is 0.285. The molecule has 0 fully saturated rings. The molecule has 86 valence electrons. The van der Waals surface area contributed by atoms with Crippen molar-refractivity contribution in [3.63, 3.8) is 0 Å². The molecule has 2 N–H and O–H groups in total. The summed E-state index contributed by atoms with van der Waals surface area (Å²) in [6.45, 7) is 0.745. The molecule has 0 radical (unpaired) electrons. The van der Waals surface area contributed by atoms with E-state index in [1.54, 1.807) is 7.11 Å². The van der Waals surface area contributed by atoms with E-state index in [-0.39, 0.29) is 12.6 Å². The molecular formula is C12H16N2O2. The topological polar surface area (TPSA) is 65.3 Å². The van der Waals surface area contributed by atoms with Gasteiger partial charge in [0.15, 0.2) is 0 Å². The Bertz CT molecular complexity index is 360. The number of hydrogen-bond donors (Lipinski definition) is 2. The molecule has 0 heterocycles. The van der Waals surface area contributed by atoms with Gasteiger partial charge in [-0.15, -0.1) is 0 Å². The van der Waals surface area contributed by atoms with Crippen molar-refractivity contribution in [2.45, 2.75) is 12.5 Å². The van der Waals surface area contributed by atoms with Crippen LogP contribution in [-0.2, 0) is 0 Å². The standard InChI is InChI=1S/C12H16N2O2/c1-16-11-5-2-4-10(8-11)12(9-13)14-6-3-7-15/h2,4-5,8,12,14-15H,3,6-7H2,1H3. The van der Waals surface area contributed by atoms with Crippen molar-refractivity contribution in [2.75, 3.05) is 20.3 Å². The largest absolute Gasteiger partial charge is 0.497 e. The van der Waals surface area contributed by atoms with Gasteiger partial charge in [0.1, 0.15) is 11.8 Å². The van der Waals surface area contributed by atoms with Crippen molar-refractivity contribution in [1.29, 1.82) is 5.26 Å². The van der Waals surface area contributed by atoms with Gasteiger partial charge in [-0.1, -0.05) is 12.1 Å². The molecule has 0 saturated carbocycles. The fourth-order valence-corrected chi connectivity index (χ4v) is 1.38. The number of ether oxygens (including phenoxy) is 1. The summed E-state index contributed by atoms with van der Waals surface area (Å²) in [6.07, 6.45) is 0.641. The normalized spacial score (nSPS) is 11.8. The molecule has 4 nitrogen and oxygen atoms in total. The third-order valence-electron chi connectivity index (χ3n) is 2.24. The van der Waals surface area contributed by atoms with Crippen LogP contribution in [0, 0.1) is 11.3 Å². The third kappa shape index (κ3) is 3.54. The van der Waals surface area contributed by atoms with Crippen molar-refractivity contribution in [3.8, 4) is 11.8 Å². The van der Waals surface area contributed by atoms with Crippen LogP contribution in [0.2, 0.25) is 0 Å². The molecule has 0 aliphatic carbocycles. The number of hydrogen-bond acceptors (Lipinski definition) is 4. The van der Waals surface area contributed by atoms with Gasteiger partial charge in [-0.2, -0.15) is 5.26 Å². The molecule has 0 saturated heterocycles. The smallest absolute Gasteiger partial charge is 0.121 e. The number of nitrogens with zero attached hydrogens (tertiary/aromatic N) is 1. The SMILES string of the molecule is COc1cccc(C(C#N)NCCCO)c1. The van der Waals surface area contributed by atoms with E-state index in [1.807, 2.05) is 24.3 Å². The van der Waals surface area contributed by atoms with Crippen LogP contribution in [0.25, 0.3) is 0 Å². The van der Waals surface area contributed by atoms with Crippen LogP contribution < -0.4 is 10.1 Å². The van der Waals surface area contributed by atoms with Gasteiger partial charge in [-0.25, -0.2) is 0 Å². The maximum absolute atomic E-state index is 9.03. The van der Waals surface area contributed by atoms with Crippen molar-refractivity contribution < 1.29 is 9.84 Å². The quantitative estimate of drug-likeness (QED) is 0.708. The first kappa shape index (κ1) is 12.5. The van der Waals surface area contributed by atoms with Gasteiger partial charge in [0, 0.05) is 6.61 Å². The maximum Gasteiger partial charge on any atom is 0.121 e. The third-order valence-corrected chi connectivity index (χ3v) is 2.24. The fraction of sp³-hybridized carbons (Fsp3) is 0.417. The molecule has 0 aromatic heterocycles. The van der Waals surface area contributed by atoms with E-state index >= 15 is 0 Å². The van der Waals surface area contributed by atoms with Crippen molar-refractivity contribution in [2.24, 2.45) is 0 Å². The van der Waals surface area contributed by atoms with Crippen molar-refractivity contribution in [3.05, 3.63) is 29.8 Å². The van der Waals surface area contributed by atoms with Gasteiger partial charge >= 0.3 is 0 Å². The van der Waals surface area contributed by atoms with Gasteiger partial charge in [0.25, 0.3) is 0 Å². The summed E-state index contributed by atoms with van der Waals surface area (Å²) >= 11 is 0. The number of methoxy groups -OCH3 is 1. The van der Waals surface area contributed by atoms with Crippen molar-refractivity contribution in [1.82, 2.24) is 5.32 Å². The summed E-state index contributed by atoms with van der Waals surface area (Å²) in [4.78, 5) is 0. The zero-order valence-electron chi connectivity index (χ0n) is 9.31. The minimum absolute atomic E-state index is 0.128. The Kier molecular flexibility index (Phi) is 5.34. The highest BCUT2D eigenvalue weighted by molar-refractivity contribution is 5.32. The predicted octanol–water partition coefficient (Wildman–Crippen LogP) is 1.23. The molecule has 1 unspecified atom stereocenters. The van der Waals surface area contributed by atoms with Crippen LogP contribution in [0.5, 0.6) is 5.75 Å². The molecule has 16 heavy (non-hydrogen) atoms. The summed E-state index contributed by atoms with van der Waals surface area (Å²) in [5.41, 5.74) is 0.875. The van der Waals surface area contributed by atoms with E-state index in [0.717, 1.165) is 11.3 Å². The van der Waals surface area contributed by atoms with E-state index < -0.39 is 0 Å². The number of aliphatic hydroxyl groups is 1. The molecule has 0 amide bonds. The number of nitrogens with one attached hydrogen (secondary N) is 1. The van der Waals surface area contributed by atoms with Gasteiger partial charge < -0.3 is 9.84 Å². The highest BCUT2D eigenvalue weighted by Crippen LogP contribution is 2.18. The summed E-state index contributed by atoms with van der Waals surface area (Å²) < 4.78 is 5.10. The van der Waals surface area contributed by atoms with Crippen LogP contribution in [0.3, 0.4) is 0 Å². The molecule has 0 spiro atoms. The highest BCUT2D eigenvalue weighted by Gasteiger charge is 2.09.